The predicted octanol–water partition coefficient (Wildman–Crippen LogP) is 2.54. The Bertz CT molecular complexity index is 707. The van der Waals surface area contributed by atoms with Gasteiger partial charge in [-0.1, -0.05) is 6.07 Å². The van der Waals surface area contributed by atoms with Crippen molar-refractivity contribution < 1.29 is 8.42 Å². The Balaban J connectivity index is 2.41. The molecule has 106 valence electrons. The molecule has 5 nitrogen and oxygen atoms in total. The molecule has 0 aliphatic carbocycles. The monoisotopic (exact) mass is 291 g/mol. The van der Waals surface area contributed by atoms with Crippen LogP contribution in [0.1, 0.15) is 11.1 Å². The van der Waals surface area contributed by atoms with Crippen LogP contribution in [-0.4, -0.2) is 20.4 Å². The Labute approximate surface area is 119 Å². The van der Waals surface area contributed by atoms with Crippen molar-refractivity contribution in [3.8, 4) is 0 Å². The molecule has 6 heteroatoms. The van der Waals surface area contributed by atoms with Crippen molar-refractivity contribution in [3.63, 3.8) is 0 Å². The molecule has 0 amide bonds. The third-order valence-electron chi connectivity index (χ3n) is 2.82. The Morgan fingerprint density at radius 2 is 1.75 bits per heavy atom. The molecule has 0 atom stereocenters. The fourth-order valence-electron chi connectivity index (χ4n) is 2.04. The first-order valence-electron chi connectivity index (χ1n) is 6.15. The van der Waals surface area contributed by atoms with Gasteiger partial charge in [-0.15, -0.1) is 0 Å². The summed E-state index contributed by atoms with van der Waals surface area (Å²) in [6, 6.07) is 7.19. The molecule has 0 fully saturated rings. The zero-order valence-electron chi connectivity index (χ0n) is 11.6. The predicted molar refractivity (Wildman–Crippen MR) is 80.5 cm³/mol. The van der Waals surface area contributed by atoms with E-state index in [1.807, 2.05) is 19.9 Å². The normalized spacial score (nSPS) is 11.2. The molecular weight excluding hydrogens is 274 g/mol. The summed E-state index contributed by atoms with van der Waals surface area (Å²) in [4.78, 5) is 4.00. The number of anilines is 2. The van der Waals surface area contributed by atoms with Gasteiger partial charge < -0.3 is 5.32 Å². The lowest BCUT2D eigenvalue weighted by molar-refractivity contribution is 0.601. The molecule has 1 aromatic carbocycles. The fourth-order valence-corrected chi connectivity index (χ4v) is 3.24. The lowest BCUT2D eigenvalue weighted by atomic mass is 10.1. The third-order valence-corrected chi connectivity index (χ3v) is 4.23. The van der Waals surface area contributed by atoms with Crippen molar-refractivity contribution in [1.82, 2.24) is 4.98 Å². The number of hydrogen-bond acceptors (Lipinski definition) is 4. The van der Waals surface area contributed by atoms with Gasteiger partial charge in [-0.2, -0.15) is 0 Å². The number of nitrogens with zero attached hydrogens (tertiary/aromatic N) is 1. The minimum atomic E-state index is -3.66. The molecule has 0 aliphatic heterocycles. The van der Waals surface area contributed by atoms with E-state index in [1.54, 1.807) is 31.4 Å². The molecule has 0 radical (unpaired) electrons. The molecule has 20 heavy (non-hydrogen) atoms. The Kier molecular flexibility index (Phi) is 3.94. The number of aromatic nitrogens is 1. The van der Waals surface area contributed by atoms with Crippen LogP contribution in [0.15, 0.2) is 41.6 Å². The van der Waals surface area contributed by atoms with Gasteiger partial charge in [-0.3, -0.25) is 9.71 Å². The minimum Gasteiger partial charge on any atom is -0.387 e. The highest BCUT2D eigenvalue weighted by molar-refractivity contribution is 7.92. The van der Waals surface area contributed by atoms with Gasteiger partial charge >= 0.3 is 0 Å². The number of hydrogen-bond donors (Lipinski definition) is 2. The summed E-state index contributed by atoms with van der Waals surface area (Å²) in [5.74, 6) is 0. The molecule has 0 aliphatic rings. The van der Waals surface area contributed by atoms with E-state index >= 15 is 0 Å². The van der Waals surface area contributed by atoms with Crippen molar-refractivity contribution in [1.29, 1.82) is 0 Å². The van der Waals surface area contributed by atoms with Crippen molar-refractivity contribution in [2.75, 3.05) is 17.1 Å². The number of pyridine rings is 1. The zero-order valence-corrected chi connectivity index (χ0v) is 12.5. The van der Waals surface area contributed by atoms with Crippen molar-refractivity contribution >= 4 is 21.4 Å². The summed E-state index contributed by atoms with van der Waals surface area (Å²) >= 11 is 0. The van der Waals surface area contributed by atoms with Crippen molar-refractivity contribution in [2.24, 2.45) is 0 Å². The van der Waals surface area contributed by atoms with E-state index in [2.05, 4.69) is 15.0 Å². The molecule has 1 heterocycles. The summed E-state index contributed by atoms with van der Waals surface area (Å²) < 4.78 is 27.4. The smallest absolute Gasteiger partial charge is 0.265 e. The molecule has 0 bridgehead atoms. The van der Waals surface area contributed by atoms with E-state index in [1.165, 1.54) is 6.20 Å². The Morgan fingerprint density at radius 1 is 1.10 bits per heavy atom. The molecular formula is C14H17N3O2S. The minimum absolute atomic E-state index is 0.127. The molecule has 0 spiro atoms. The standard InChI is InChI=1S/C14H17N3O2S/c1-10-6-11(2)8-12(7-10)17-20(18,19)14-9-16-5-4-13(14)15-3/h4-9,17H,1-3H3,(H,15,16). The highest BCUT2D eigenvalue weighted by Crippen LogP contribution is 2.23. The highest BCUT2D eigenvalue weighted by Gasteiger charge is 2.18. The first-order valence-corrected chi connectivity index (χ1v) is 7.63. The van der Waals surface area contributed by atoms with Crippen LogP contribution in [0.4, 0.5) is 11.4 Å². The summed E-state index contributed by atoms with van der Waals surface area (Å²) in [6.45, 7) is 3.85. The molecule has 2 rings (SSSR count). The third kappa shape index (κ3) is 3.08. The van der Waals surface area contributed by atoms with E-state index in [9.17, 15) is 8.42 Å². The van der Waals surface area contributed by atoms with Gasteiger partial charge in [0.05, 0.1) is 5.69 Å². The van der Waals surface area contributed by atoms with Crippen molar-refractivity contribution in [3.05, 3.63) is 47.8 Å². The molecule has 1 aromatic heterocycles. The number of sulfonamides is 1. The van der Waals surface area contributed by atoms with Gasteiger partial charge in [-0.05, 0) is 43.2 Å². The average Bonchev–Trinajstić information content (AvgIpc) is 2.36. The number of nitrogens with one attached hydrogen (secondary N) is 2. The van der Waals surface area contributed by atoms with E-state index in [-0.39, 0.29) is 4.90 Å². The Morgan fingerprint density at radius 3 is 2.35 bits per heavy atom. The van der Waals surface area contributed by atoms with Crippen molar-refractivity contribution in [2.45, 2.75) is 18.7 Å². The summed E-state index contributed by atoms with van der Waals surface area (Å²) in [6.07, 6.45) is 2.87. The van der Waals surface area contributed by atoms with Gasteiger partial charge in [-0.25, -0.2) is 8.42 Å². The summed E-state index contributed by atoms with van der Waals surface area (Å²) in [5.41, 5.74) is 3.07. The largest absolute Gasteiger partial charge is 0.387 e. The zero-order chi connectivity index (χ0) is 14.8. The maximum atomic E-state index is 12.4. The molecule has 0 saturated heterocycles. The van der Waals surface area contributed by atoms with E-state index in [4.69, 9.17) is 0 Å². The van der Waals surface area contributed by atoms with Crippen LogP contribution in [0.25, 0.3) is 0 Å². The maximum absolute atomic E-state index is 12.4. The summed E-state index contributed by atoms with van der Waals surface area (Å²) in [7, 11) is -1.99. The first kappa shape index (κ1) is 14.3. The molecule has 2 N–H and O–H groups in total. The van der Waals surface area contributed by atoms with Gasteiger partial charge in [0.25, 0.3) is 10.0 Å². The van der Waals surface area contributed by atoms with Crippen LogP contribution in [0, 0.1) is 13.8 Å². The second-order valence-electron chi connectivity index (χ2n) is 4.60. The van der Waals surface area contributed by atoms with Crippen LogP contribution in [0.3, 0.4) is 0 Å². The first-order chi connectivity index (χ1) is 9.42. The van der Waals surface area contributed by atoms with Crippen LogP contribution in [0.5, 0.6) is 0 Å². The van der Waals surface area contributed by atoms with Crippen LogP contribution in [-0.2, 0) is 10.0 Å². The fraction of sp³-hybridized carbons (Fsp3) is 0.214. The van der Waals surface area contributed by atoms with E-state index in [0.717, 1.165) is 11.1 Å². The molecule has 0 unspecified atom stereocenters. The van der Waals surface area contributed by atoms with Gasteiger partial charge in [0.2, 0.25) is 0 Å². The van der Waals surface area contributed by atoms with Crippen LogP contribution < -0.4 is 10.0 Å². The van der Waals surface area contributed by atoms with Gasteiger partial charge in [0, 0.05) is 25.1 Å². The summed E-state index contributed by atoms with van der Waals surface area (Å²) in [5, 5.41) is 2.85. The van der Waals surface area contributed by atoms with E-state index < -0.39 is 10.0 Å². The van der Waals surface area contributed by atoms with Gasteiger partial charge in [0.15, 0.2) is 0 Å². The van der Waals surface area contributed by atoms with Crippen LogP contribution >= 0.6 is 0 Å². The lowest BCUT2D eigenvalue weighted by Gasteiger charge is -2.12. The quantitative estimate of drug-likeness (QED) is 0.908. The second kappa shape index (κ2) is 5.50. The SMILES string of the molecule is CNc1ccncc1S(=O)(=O)Nc1cc(C)cc(C)c1. The average molecular weight is 291 g/mol. The number of aryl methyl sites for hydroxylation is 2. The van der Waals surface area contributed by atoms with Gasteiger partial charge in [0.1, 0.15) is 4.90 Å². The lowest BCUT2D eigenvalue weighted by Crippen LogP contribution is -2.15. The number of rotatable bonds is 4. The van der Waals surface area contributed by atoms with Crippen LogP contribution in [0.2, 0.25) is 0 Å². The Hall–Kier alpha value is -2.08. The van der Waals surface area contributed by atoms with E-state index in [0.29, 0.717) is 11.4 Å². The number of benzene rings is 1. The molecule has 2 aromatic rings. The topological polar surface area (TPSA) is 71.1 Å². The molecule has 0 saturated carbocycles. The second-order valence-corrected chi connectivity index (χ2v) is 6.25. The highest BCUT2D eigenvalue weighted by atomic mass is 32.2. The maximum Gasteiger partial charge on any atom is 0.265 e.